The molecular weight excluding hydrogens is 275 g/mol. The number of ether oxygens (including phenoxy) is 1. The summed E-state index contributed by atoms with van der Waals surface area (Å²) < 4.78 is 5.49. The minimum absolute atomic E-state index is 0.689. The van der Waals surface area contributed by atoms with Crippen LogP contribution >= 0.6 is 7.26 Å². The van der Waals surface area contributed by atoms with Gasteiger partial charge in [-0.25, -0.2) is 0 Å². The van der Waals surface area contributed by atoms with E-state index in [-0.39, 0.29) is 0 Å². The maximum atomic E-state index is 5.49. The summed E-state index contributed by atoms with van der Waals surface area (Å²) in [6.07, 6.45) is 4.81. The van der Waals surface area contributed by atoms with Crippen LogP contribution in [0.5, 0.6) is 0 Å². The zero-order chi connectivity index (χ0) is 15.0. The van der Waals surface area contributed by atoms with Crippen molar-refractivity contribution in [3.05, 3.63) is 85.4 Å². The highest BCUT2D eigenvalue weighted by Gasteiger charge is 2.39. The molecule has 0 aliphatic heterocycles. The van der Waals surface area contributed by atoms with E-state index < -0.39 is 7.26 Å². The molecular formula is C19H22OP+. The first-order valence-corrected chi connectivity index (χ1v) is 9.27. The Morgan fingerprint density at radius 2 is 1.48 bits per heavy atom. The van der Waals surface area contributed by atoms with Gasteiger partial charge in [0.05, 0.1) is 12.8 Å². The lowest BCUT2D eigenvalue weighted by molar-refractivity contribution is 0.270. The van der Waals surface area contributed by atoms with Gasteiger partial charge in [0.15, 0.2) is 0 Å². The predicted octanol–water partition coefficient (Wildman–Crippen LogP) is 4.35. The van der Waals surface area contributed by atoms with E-state index >= 15 is 0 Å². The smallest absolute Gasteiger partial charge is 0.118 e. The molecule has 0 aliphatic carbocycles. The van der Waals surface area contributed by atoms with Crippen LogP contribution in [0.1, 0.15) is 6.92 Å². The minimum Gasteiger partial charge on any atom is -0.498 e. The van der Waals surface area contributed by atoms with Crippen molar-refractivity contribution in [1.82, 2.24) is 0 Å². The maximum Gasteiger partial charge on any atom is 0.118 e. The normalized spacial score (nSPS) is 11.5. The summed E-state index contributed by atoms with van der Waals surface area (Å²) in [5.74, 6) is 2.25. The Morgan fingerprint density at radius 1 is 0.952 bits per heavy atom. The van der Waals surface area contributed by atoms with Crippen LogP contribution in [0, 0.1) is 0 Å². The average Bonchev–Trinajstić information content (AvgIpc) is 2.56. The van der Waals surface area contributed by atoms with E-state index in [1.54, 1.807) is 0 Å². The van der Waals surface area contributed by atoms with E-state index in [0.29, 0.717) is 6.61 Å². The molecule has 0 fully saturated rings. The third-order valence-corrected chi connectivity index (χ3v) is 7.33. The first-order chi connectivity index (χ1) is 10.3. The molecule has 0 heterocycles. The van der Waals surface area contributed by atoms with E-state index in [1.807, 2.05) is 19.3 Å². The van der Waals surface area contributed by atoms with Gasteiger partial charge in [0.25, 0.3) is 0 Å². The summed E-state index contributed by atoms with van der Waals surface area (Å²) in [5.41, 5.74) is 0. The SMILES string of the molecule is C=CC[P+](/C=C/OCC)(c1ccccc1)c1ccccc1. The molecule has 2 aromatic rings. The van der Waals surface area contributed by atoms with E-state index in [4.69, 9.17) is 4.74 Å². The molecule has 0 atom stereocenters. The van der Waals surface area contributed by atoms with Gasteiger partial charge in [0.1, 0.15) is 30.0 Å². The molecule has 108 valence electrons. The van der Waals surface area contributed by atoms with Gasteiger partial charge in [0, 0.05) is 0 Å². The Bertz CT molecular complexity index is 536. The third-order valence-electron chi connectivity index (χ3n) is 3.43. The van der Waals surface area contributed by atoms with Gasteiger partial charge in [-0.1, -0.05) is 49.1 Å². The van der Waals surface area contributed by atoms with Crippen molar-refractivity contribution in [2.75, 3.05) is 12.8 Å². The maximum absolute atomic E-state index is 5.49. The zero-order valence-electron chi connectivity index (χ0n) is 12.5. The van der Waals surface area contributed by atoms with Crippen LogP contribution in [0.15, 0.2) is 85.4 Å². The Kier molecular flexibility index (Phi) is 5.78. The van der Waals surface area contributed by atoms with E-state index in [2.05, 4.69) is 73.1 Å². The monoisotopic (exact) mass is 297 g/mol. The zero-order valence-corrected chi connectivity index (χ0v) is 13.4. The second-order valence-electron chi connectivity index (χ2n) is 4.75. The van der Waals surface area contributed by atoms with Crippen LogP contribution in [0.25, 0.3) is 0 Å². The summed E-state index contributed by atoms with van der Waals surface area (Å²) in [4.78, 5) is 0. The van der Waals surface area contributed by atoms with Crippen LogP contribution in [0.3, 0.4) is 0 Å². The lowest BCUT2D eigenvalue weighted by Crippen LogP contribution is -2.22. The first-order valence-electron chi connectivity index (χ1n) is 7.22. The quantitative estimate of drug-likeness (QED) is 0.419. The number of hydrogen-bond donors (Lipinski definition) is 0. The topological polar surface area (TPSA) is 9.23 Å². The van der Waals surface area contributed by atoms with E-state index in [9.17, 15) is 0 Å². The molecule has 2 rings (SSSR count). The fourth-order valence-corrected chi connectivity index (χ4v) is 5.72. The van der Waals surface area contributed by atoms with Crippen molar-refractivity contribution in [2.45, 2.75) is 6.92 Å². The highest BCUT2D eigenvalue weighted by molar-refractivity contribution is 7.92. The summed E-state index contributed by atoms with van der Waals surface area (Å²) in [5, 5.41) is 2.71. The van der Waals surface area contributed by atoms with Gasteiger partial charge < -0.3 is 4.74 Å². The summed E-state index contributed by atoms with van der Waals surface area (Å²) in [6, 6.07) is 21.4. The lowest BCUT2D eigenvalue weighted by Gasteiger charge is -2.22. The molecule has 0 N–H and O–H groups in total. The van der Waals surface area contributed by atoms with Crippen molar-refractivity contribution in [3.8, 4) is 0 Å². The van der Waals surface area contributed by atoms with Gasteiger partial charge in [-0.2, -0.15) is 0 Å². The number of benzene rings is 2. The molecule has 0 bridgehead atoms. The van der Waals surface area contributed by atoms with Crippen LogP contribution in [0.2, 0.25) is 0 Å². The average molecular weight is 297 g/mol. The molecule has 0 amide bonds. The molecule has 0 saturated heterocycles. The molecule has 0 aliphatic rings. The van der Waals surface area contributed by atoms with Crippen molar-refractivity contribution in [1.29, 1.82) is 0 Å². The van der Waals surface area contributed by atoms with Crippen molar-refractivity contribution in [3.63, 3.8) is 0 Å². The molecule has 2 aromatic carbocycles. The summed E-state index contributed by atoms with van der Waals surface area (Å²) in [6.45, 7) is 6.67. The molecule has 0 unspecified atom stereocenters. The van der Waals surface area contributed by atoms with Gasteiger partial charge in [-0.15, -0.1) is 0 Å². The van der Waals surface area contributed by atoms with Gasteiger partial charge >= 0.3 is 0 Å². The highest BCUT2D eigenvalue weighted by Crippen LogP contribution is 2.57. The standard InChI is InChI=1S/C19H22OP/c1-3-16-21(17-15-20-4-2,18-11-7-5-8-12-18)19-13-9-6-10-14-19/h3,5-15,17H,1,4,16H2,2H3/q+1/b17-15+. The van der Waals surface area contributed by atoms with Crippen molar-refractivity contribution in [2.24, 2.45) is 0 Å². The summed E-state index contributed by atoms with van der Waals surface area (Å²) >= 11 is 0. The molecule has 0 saturated carbocycles. The Balaban J connectivity index is 2.57. The van der Waals surface area contributed by atoms with E-state index in [1.165, 1.54) is 10.6 Å². The molecule has 0 radical (unpaired) electrons. The van der Waals surface area contributed by atoms with Crippen LogP contribution in [-0.2, 0) is 4.74 Å². The molecule has 21 heavy (non-hydrogen) atoms. The van der Waals surface area contributed by atoms with Gasteiger partial charge in [-0.05, 0) is 31.2 Å². The fraction of sp³-hybridized carbons (Fsp3) is 0.158. The largest absolute Gasteiger partial charge is 0.498 e. The predicted molar refractivity (Wildman–Crippen MR) is 94.9 cm³/mol. The van der Waals surface area contributed by atoms with Crippen LogP contribution in [0.4, 0.5) is 0 Å². The van der Waals surface area contributed by atoms with Crippen molar-refractivity contribution < 1.29 is 4.74 Å². The van der Waals surface area contributed by atoms with Crippen LogP contribution < -0.4 is 10.6 Å². The number of hydrogen-bond acceptors (Lipinski definition) is 1. The second-order valence-corrected chi connectivity index (χ2v) is 8.19. The molecule has 1 nitrogen and oxygen atoms in total. The lowest BCUT2D eigenvalue weighted by atomic mass is 10.4. The Morgan fingerprint density at radius 3 is 1.90 bits per heavy atom. The number of rotatable bonds is 7. The van der Waals surface area contributed by atoms with Gasteiger partial charge in [-0.3, -0.25) is 0 Å². The summed E-state index contributed by atoms with van der Waals surface area (Å²) in [7, 11) is -1.65. The van der Waals surface area contributed by atoms with Gasteiger partial charge in [0.2, 0.25) is 0 Å². The van der Waals surface area contributed by atoms with Crippen molar-refractivity contribution >= 4 is 17.9 Å². The first kappa shape index (κ1) is 15.5. The Labute approximate surface area is 128 Å². The molecule has 0 aromatic heterocycles. The highest BCUT2D eigenvalue weighted by atomic mass is 31.2. The third kappa shape index (κ3) is 3.62. The fourth-order valence-electron chi connectivity index (χ4n) is 2.43. The molecule has 2 heteroatoms. The minimum atomic E-state index is -1.65. The Hall–Kier alpha value is -1.85. The van der Waals surface area contributed by atoms with E-state index in [0.717, 1.165) is 6.16 Å². The number of allylic oxidation sites excluding steroid dienone is 1. The van der Waals surface area contributed by atoms with Crippen LogP contribution in [-0.4, -0.2) is 12.8 Å². The molecule has 0 spiro atoms. The second kappa shape index (κ2) is 7.81.